The lowest BCUT2D eigenvalue weighted by Gasteiger charge is -2.15. The molecule has 0 spiro atoms. The van der Waals surface area contributed by atoms with Crippen LogP contribution in [0.4, 0.5) is 0 Å². The third kappa shape index (κ3) is 1.54. The van der Waals surface area contributed by atoms with Gasteiger partial charge in [-0.3, -0.25) is 0 Å². The van der Waals surface area contributed by atoms with Crippen LogP contribution in [0, 0.1) is 5.92 Å². The van der Waals surface area contributed by atoms with E-state index in [9.17, 15) is 5.11 Å². The quantitative estimate of drug-likeness (QED) is 0.566. The lowest BCUT2D eigenvalue weighted by Crippen LogP contribution is -2.29. The van der Waals surface area contributed by atoms with Gasteiger partial charge in [-0.1, -0.05) is 0 Å². The number of aliphatic hydroxyl groups excluding tert-OH is 2. The van der Waals surface area contributed by atoms with Crippen LogP contribution >= 0.6 is 0 Å². The predicted octanol–water partition coefficient (Wildman–Crippen LogP) is -0.653. The zero-order valence-electron chi connectivity index (χ0n) is 6.73. The van der Waals surface area contributed by atoms with E-state index in [4.69, 9.17) is 14.6 Å². The van der Waals surface area contributed by atoms with Gasteiger partial charge in [0.05, 0.1) is 24.7 Å². The van der Waals surface area contributed by atoms with E-state index in [-0.39, 0.29) is 18.6 Å². The maximum Gasteiger partial charge on any atom is 0.165 e. The summed E-state index contributed by atoms with van der Waals surface area (Å²) in [6.45, 7) is 1.65. The third-order valence-electron chi connectivity index (χ3n) is 2.06. The van der Waals surface area contributed by atoms with Crippen molar-refractivity contribution in [1.82, 2.24) is 0 Å². The Kier molecular flexibility index (Phi) is 2.84. The van der Waals surface area contributed by atoms with Crippen molar-refractivity contribution >= 4 is 0 Å². The maximum atomic E-state index is 9.39. The largest absolute Gasteiger partial charge is 0.396 e. The van der Waals surface area contributed by atoms with Crippen LogP contribution in [0.3, 0.4) is 0 Å². The van der Waals surface area contributed by atoms with E-state index < -0.39 is 12.4 Å². The number of ether oxygens (including phenoxy) is 2. The monoisotopic (exact) mass is 162 g/mol. The van der Waals surface area contributed by atoms with Gasteiger partial charge in [-0.15, -0.1) is 0 Å². The maximum absolute atomic E-state index is 9.39. The van der Waals surface area contributed by atoms with Gasteiger partial charge in [0.2, 0.25) is 0 Å². The van der Waals surface area contributed by atoms with E-state index in [1.165, 1.54) is 7.11 Å². The van der Waals surface area contributed by atoms with Gasteiger partial charge in [-0.05, 0) is 6.92 Å². The molecule has 4 nitrogen and oxygen atoms in total. The van der Waals surface area contributed by atoms with Crippen molar-refractivity contribution in [2.75, 3.05) is 13.7 Å². The number of hydrogen-bond acceptors (Lipinski definition) is 4. The predicted molar refractivity (Wildman–Crippen MR) is 37.9 cm³/mol. The minimum Gasteiger partial charge on any atom is -0.396 e. The van der Waals surface area contributed by atoms with Crippen molar-refractivity contribution in [3.05, 3.63) is 0 Å². The molecule has 0 bridgehead atoms. The highest BCUT2D eigenvalue weighted by atomic mass is 16.7. The Morgan fingerprint density at radius 1 is 1.55 bits per heavy atom. The van der Waals surface area contributed by atoms with Crippen LogP contribution in [0.15, 0.2) is 0 Å². The minimum absolute atomic E-state index is 0.107. The van der Waals surface area contributed by atoms with E-state index in [1.54, 1.807) is 6.92 Å². The second-order valence-electron chi connectivity index (χ2n) is 2.78. The molecule has 1 aliphatic heterocycles. The van der Waals surface area contributed by atoms with Crippen molar-refractivity contribution in [3.63, 3.8) is 0 Å². The van der Waals surface area contributed by atoms with E-state index in [0.717, 1.165) is 0 Å². The standard InChI is InChI=1S/C7H14O4/c1-4-6(9)5(3-8)7(10-2)11-4/h4-9H,3H2,1-2H3. The third-order valence-corrected chi connectivity index (χ3v) is 2.06. The van der Waals surface area contributed by atoms with Crippen molar-refractivity contribution in [1.29, 1.82) is 0 Å². The summed E-state index contributed by atoms with van der Waals surface area (Å²) in [5.74, 6) is -0.310. The van der Waals surface area contributed by atoms with E-state index >= 15 is 0 Å². The van der Waals surface area contributed by atoms with Crippen molar-refractivity contribution in [2.45, 2.75) is 25.4 Å². The highest BCUT2D eigenvalue weighted by Crippen LogP contribution is 2.26. The fourth-order valence-electron chi connectivity index (χ4n) is 1.33. The zero-order valence-corrected chi connectivity index (χ0v) is 6.73. The highest BCUT2D eigenvalue weighted by Gasteiger charge is 2.40. The number of rotatable bonds is 2. The van der Waals surface area contributed by atoms with Crippen LogP contribution < -0.4 is 0 Å². The summed E-state index contributed by atoms with van der Waals surface area (Å²) in [6, 6.07) is 0. The van der Waals surface area contributed by atoms with E-state index in [2.05, 4.69) is 0 Å². The van der Waals surface area contributed by atoms with Crippen LogP contribution in [0.25, 0.3) is 0 Å². The smallest absolute Gasteiger partial charge is 0.165 e. The molecule has 0 aromatic heterocycles. The molecule has 4 unspecified atom stereocenters. The second kappa shape index (κ2) is 3.49. The van der Waals surface area contributed by atoms with E-state index in [1.807, 2.05) is 0 Å². The topological polar surface area (TPSA) is 58.9 Å². The van der Waals surface area contributed by atoms with Gasteiger partial charge in [-0.25, -0.2) is 0 Å². The molecule has 1 saturated heterocycles. The van der Waals surface area contributed by atoms with Gasteiger partial charge in [-0.2, -0.15) is 0 Å². The summed E-state index contributed by atoms with van der Waals surface area (Å²) < 4.78 is 10.1. The van der Waals surface area contributed by atoms with Crippen LogP contribution in [0.2, 0.25) is 0 Å². The Hall–Kier alpha value is -0.160. The average Bonchev–Trinajstić information content (AvgIpc) is 2.28. The Morgan fingerprint density at radius 3 is 2.55 bits per heavy atom. The zero-order chi connectivity index (χ0) is 8.43. The molecule has 4 heteroatoms. The molecule has 0 aromatic carbocycles. The molecule has 0 saturated carbocycles. The minimum atomic E-state index is -0.620. The summed E-state index contributed by atoms with van der Waals surface area (Å²) in [5, 5.41) is 18.2. The van der Waals surface area contributed by atoms with Gasteiger partial charge in [0.15, 0.2) is 6.29 Å². The first kappa shape index (κ1) is 8.93. The first-order chi connectivity index (χ1) is 5.20. The molecule has 4 atom stereocenters. The summed E-state index contributed by atoms with van der Waals surface area (Å²) in [6.07, 6.45) is -1.34. The SMILES string of the molecule is COC1OC(C)C(O)C1CO. The highest BCUT2D eigenvalue weighted by molar-refractivity contribution is 4.83. The van der Waals surface area contributed by atoms with E-state index in [0.29, 0.717) is 0 Å². The molecule has 0 radical (unpaired) electrons. The van der Waals surface area contributed by atoms with Gasteiger partial charge >= 0.3 is 0 Å². The average molecular weight is 162 g/mol. The normalized spacial score (nSPS) is 44.7. The molecule has 2 N–H and O–H groups in total. The molecule has 11 heavy (non-hydrogen) atoms. The summed E-state index contributed by atoms with van der Waals surface area (Å²) in [4.78, 5) is 0. The van der Waals surface area contributed by atoms with Crippen LogP contribution in [-0.2, 0) is 9.47 Å². The molecule has 0 aliphatic carbocycles. The first-order valence-corrected chi connectivity index (χ1v) is 3.68. The molecule has 1 fully saturated rings. The molecular weight excluding hydrogens is 148 g/mol. The Balaban J connectivity index is 2.57. The Morgan fingerprint density at radius 2 is 2.18 bits per heavy atom. The molecule has 0 amide bonds. The molecule has 1 heterocycles. The molecule has 66 valence electrons. The number of hydrogen-bond donors (Lipinski definition) is 2. The van der Waals surface area contributed by atoms with Crippen molar-refractivity contribution in [2.24, 2.45) is 5.92 Å². The summed E-state index contributed by atoms with van der Waals surface area (Å²) in [7, 11) is 1.50. The van der Waals surface area contributed by atoms with Crippen molar-refractivity contribution < 1.29 is 19.7 Å². The Bertz CT molecular complexity index is 128. The number of methoxy groups -OCH3 is 1. The summed E-state index contributed by atoms with van der Waals surface area (Å²) in [5.41, 5.74) is 0. The van der Waals surface area contributed by atoms with Crippen LogP contribution in [0.1, 0.15) is 6.92 Å². The van der Waals surface area contributed by atoms with Gasteiger partial charge in [0.1, 0.15) is 0 Å². The molecule has 1 aliphatic rings. The molecule has 0 aromatic rings. The molecular formula is C7H14O4. The van der Waals surface area contributed by atoms with Crippen molar-refractivity contribution in [3.8, 4) is 0 Å². The molecule has 1 rings (SSSR count). The van der Waals surface area contributed by atoms with Gasteiger partial charge in [0, 0.05) is 7.11 Å². The fourth-order valence-corrected chi connectivity index (χ4v) is 1.33. The fraction of sp³-hybridized carbons (Fsp3) is 1.00. The lowest BCUT2D eigenvalue weighted by molar-refractivity contribution is -0.133. The van der Waals surface area contributed by atoms with Crippen LogP contribution in [-0.4, -0.2) is 42.4 Å². The summed E-state index contributed by atoms with van der Waals surface area (Å²) >= 11 is 0. The number of aliphatic hydroxyl groups is 2. The second-order valence-corrected chi connectivity index (χ2v) is 2.78. The Labute approximate surface area is 65.7 Å². The lowest BCUT2D eigenvalue weighted by atomic mass is 10.0. The van der Waals surface area contributed by atoms with Crippen LogP contribution in [0.5, 0.6) is 0 Å². The van der Waals surface area contributed by atoms with Gasteiger partial charge < -0.3 is 19.7 Å². The van der Waals surface area contributed by atoms with Gasteiger partial charge in [0.25, 0.3) is 0 Å². The first-order valence-electron chi connectivity index (χ1n) is 3.68.